The van der Waals surface area contributed by atoms with Crippen LogP contribution in [-0.2, 0) is 19.2 Å². The highest BCUT2D eigenvalue weighted by Gasteiger charge is 2.28. The van der Waals surface area contributed by atoms with Crippen molar-refractivity contribution in [1.29, 1.82) is 0 Å². The van der Waals surface area contributed by atoms with E-state index in [0.717, 1.165) is 0 Å². The molecule has 216 valence electrons. The molecule has 18 N–H and O–H groups in total. The fourth-order valence-electron chi connectivity index (χ4n) is 3.03. The smallest absolute Gasteiger partial charge is 0.322 e. The molecule has 0 radical (unpaired) electrons. The second-order valence-electron chi connectivity index (χ2n) is 8.19. The van der Waals surface area contributed by atoms with Crippen molar-refractivity contribution >= 4 is 41.6 Å². The van der Waals surface area contributed by atoms with Gasteiger partial charge < -0.3 is 61.2 Å². The number of amides is 3. The Hall–Kier alpha value is -4.35. The summed E-state index contributed by atoms with van der Waals surface area (Å²) >= 11 is 0. The maximum Gasteiger partial charge on any atom is 0.322 e. The van der Waals surface area contributed by atoms with Crippen molar-refractivity contribution in [3.05, 3.63) is 0 Å². The number of rotatable bonds is 19. The molecule has 0 spiro atoms. The second kappa shape index (κ2) is 18.9. The Balaban J connectivity index is 5.43. The number of carbonyl (C=O) groups excluding carboxylic acids is 3. The van der Waals surface area contributed by atoms with Crippen molar-refractivity contribution in [1.82, 2.24) is 16.0 Å². The van der Waals surface area contributed by atoms with Gasteiger partial charge in [-0.2, -0.15) is 0 Å². The van der Waals surface area contributed by atoms with Crippen molar-refractivity contribution in [2.45, 2.75) is 56.7 Å². The Kier molecular flexibility index (Phi) is 16.7. The predicted octanol–water partition coefficient (Wildman–Crippen LogP) is -5.36. The highest BCUT2D eigenvalue weighted by Crippen LogP contribution is 2.05. The van der Waals surface area contributed by atoms with Crippen molar-refractivity contribution in [2.75, 3.05) is 26.2 Å². The normalized spacial score (nSPS) is 12.7. The van der Waals surface area contributed by atoms with E-state index in [1.54, 1.807) is 0 Å². The summed E-state index contributed by atoms with van der Waals surface area (Å²) in [6.45, 7) is -0.00683. The van der Waals surface area contributed by atoms with Gasteiger partial charge in [-0.05, 0) is 38.5 Å². The Morgan fingerprint density at radius 2 is 1.03 bits per heavy atom. The molecule has 0 saturated carbocycles. The lowest BCUT2D eigenvalue weighted by Gasteiger charge is -2.24. The number of carboxylic acids is 1. The van der Waals surface area contributed by atoms with Gasteiger partial charge in [0.2, 0.25) is 17.7 Å². The van der Waals surface area contributed by atoms with Crippen molar-refractivity contribution in [2.24, 2.45) is 55.1 Å². The molecule has 0 aromatic heterocycles. The largest absolute Gasteiger partial charge is 0.480 e. The number of nitrogens with two attached hydrogens (primary N) is 7. The van der Waals surface area contributed by atoms with Crippen LogP contribution in [0.1, 0.15) is 38.5 Å². The lowest BCUT2D eigenvalue weighted by Crippen LogP contribution is -2.56. The number of aliphatic imine (C=N–C) groups is 3. The highest BCUT2D eigenvalue weighted by atomic mass is 16.4. The van der Waals surface area contributed by atoms with Crippen LogP contribution in [0.4, 0.5) is 0 Å². The van der Waals surface area contributed by atoms with Gasteiger partial charge in [-0.1, -0.05) is 0 Å². The topological polar surface area (TPSA) is 344 Å². The molecule has 0 aliphatic carbocycles. The summed E-state index contributed by atoms with van der Waals surface area (Å²) in [4.78, 5) is 60.6. The van der Waals surface area contributed by atoms with Crippen molar-refractivity contribution in [3.63, 3.8) is 0 Å². The van der Waals surface area contributed by atoms with Crippen molar-refractivity contribution in [3.8, 4) is 0 Å². The van der Waals surface area contributed by atoms with Crippen LogP contribution >= 0.6 is 0 Å². The summed E-state index contributed by atoms with van der Waals surface area (Å²) < 4.78 is 0. The van der Waals surface area contributed by atoms with Gasteiger partial charge >= 0.3 is 5.97 Å². The van der Waals surface area contributed by atoms with Crippen molar-refractivity contribution < 1.29 is 24.3 Å². The third-order valence-corrected chi connectivity index (χ3v) is 4.87. The molecule has 18 heteroatoms. The number of hydrogen-bond donors (Lipinski definition) is 11. The lowest BCUT2D eigenvalue weighted by atomic mass is 10.1. The zero-order valence-electron chi connectivity index (χ0n) is 21.3. The lowest BCUT2D eigenvalue weighted by molar-refractivity contribution is -0.138. The van der Waals surface area contributed by atoms with E-state index in [9.17, 15) is 19.2 Å². The molecule has 3 amide bonds. The third kappa shape index (κ3) is 17.1. The number of carbonyl (C=O) groups is 4. The van der Waals surface area contributed by atoms with Crippen LogP contribution in [0.25, 0.3) is 0 Å². The summed E-state index contributed by atoms with van der Waals surface area (Å²) in [7, 11) is 0. The summed E-state index contributed by atoms with van der Waals surface area (Å²) in [5, 5.41) is 16.2. The molecule has 0 saturated heterocycles. The SMILES string of the molecule is NC(N)=NCCC[C@H](NC(=O)[C@H](CCCN=C(N)N)NC(=O)[C@@H](N)CCCN=C(N)N)C(=O)NCC(=O)O. The number of nitrogens with one attached hydrogen (secondary N) is 3. The van der Waals surface area contributed by atoms with Gasteiger partial charge in [-0.15, -0.1) is 0 Å². The Morgan fingerprint density at radius 1 is 0.632 bits per heavy atom. The first-order valence-electron chi connectivity index (χ1n) is 11.9. The summed E-state index contributed by atoms with van der Waals surface area (Å²) in [5.74, 6) is -3.63. The van der Waals surface area contributed by atoms with Crippen LogP contribution in [-0.4, -0.2) is 91.0 Å². The highest BCUT2D eigenvalue weighted by molar-refractivity contribution is 5.93. The molecule has 0 aliphatic heterocycles. The zero-order chi connectivity index (χ0) is 29.1. The Labute approximate surface area is 220 Å². The molecule has 38 heavy (non-hydrogen) atoms. The molecule has 0 fully saturated rings. The van der Waals surface area contributed by atoms with Gasteiger partial charge in [0.05, 0.1) is 6.04 Å². The van der Waals surface area contributed by atoms with Gasteiger partial charge in [0.15, 0.2) is 17.9 Å². The predicted molar refractivity (Wildman–Crippen MR) is 142 cm³/mol. The first-order valence-corrected chi connectivity index (χ1v) is 11.9. The maximum absolute atomic E-state index is 13.1. The molecule has 3 atom stereocenters. The molecule has 0 aromatic carbocycles. The second-order valence-corrected chi connectivity index (χ2v) is 8.19. The molecule has 0 rings (SSSR count). The molecule has 0 unspecified atom stereocenters. The van der Waals surface area contributed by atoms with Crippen LogP contribution in [0.3, 0.4) is 0 Å². The Morgan fingerprint density at radius 3 is 1.45 bits per heavy atom. The molecule has 0 aliphatic rings. The molecule has 0 aromatic rings. The van der Waals surface area contributed by atoms with E-state index >= 15 is 0 Å². The number of hydrogen-bond acceptors (Lipinski definition) is 8. The average Bonchev–Trinajstić information content (AvgIpc) is 2.83. The van der Waals surface area contributed by atoms with Crippen LogP contribution in [0.2, 0.25) is 0 Å². The number of nitrogens with zero attached hydrogens (tertiary/aromatic N) is 3. The fraction of sp³-hybridized carbons (Fsp3) is 0.650. The van der Waals surface area contributed by atoms with Crippen LogP contribution < -0.4 is 56.1 Å². The van der Waals surface area contributed by atoms with E-state index in [1.165, 1.54) is 0 Å². The number of carboxylic acid groups (broad SMARTS) is 1. The monoisotopic (exact) mass is 543 g/mol. The Bertz CT molecular complexity index is 865. The average molecular weight is 544 g/mol. The number of aliphatic carboxylic acids is 1. The third-order valence-electron chi connectivity index (χ3n) is 4.87. The van der Waals surface area contributed by atoms with E-state index < -0.39 is 48.4 Å². The molecular weight excluding hydrogens is 502 g/mol. The van der Waals surface area contributed by atoms with E-state index in [4.69, 9.17) is 45.2 Å². The first kappa shape index (κ1) is 33.7. The van der Waals surface area contributed by atoms with E-state index in [2.05, 4.69) is 30.9 Å². The summed E-state index contributed by atoms with van der Waals surface area (Å²) in [6.07, 6.45) is 1.49. The quantitative estimate of drug-likeness (QED) is 0.0413. The van der Waals surface area contributed by atoms with Gasteiger partial charge in [-0.3, -0.25) is 34.2 Å². The van der Waals surface area contributed by atoms with Gasteiger partial charge in [-0.25, -0.2) is 0 Å². The van der Waals surface area contributed by atoms with E-state index in [-0.39, 0.29) is 56.8 Å². The van der Waals surface area contributed by atoms with Crippen LogP contribution in [0.15, 0.2) is 15.0 Å². The molecular formula is C20H41N13O5. The number of guanidine groups is 3. The summed E-state index contributed by atoms with van der Waals surface area (Å²) in [6, 6.07) is -3.17. The standard InChI is InChI=1S/C20H41N13O5/c21-11(4-1-7-28-18(22)23)15(36)32-13(6-3-9-30-20(26)27)17(38)33-12(5-2-8-29-19(24)25)16(37)31-10-14(34)35/h11-13H,1-10,21H2,(H,31,37)(H,32,36)(H,33,38)(H,34,35)(H4,22,23,28)(H4,24,25,29)(H4,26,27,30)/t11-,12-,13-/m0/s1. The minimum absolute atomic E-state index is 0.0826. The van der Waals surface area contributed by atoms with Crippen LogP contribution in [0.5, 0.6) is 0 Å². The minimum Gasteiger partial charge on any atom is -0.480 e. The molecule has 0 heterocycles. The maximum atomic E-state index is 13.1. The van der Waals surface area contributed by atoms with Gasteiger partial charge in [0.1, 0.15) is 18.6 Å². The molecule has 18 nitrogen and oxygen atoms in total. The molecule has 0 bridgehead atoms. The van der Waals surface area contributed by atoms with E-state index in [0.29, 0.717) is 19.3 Å². The summed E-state index contributed by atoms with van der Waals surface area (Å²) in [5.41, 5.74) is 37.7. The van der Waals surface area contributed by atoms with E-state index in [1.807, 2.05) is 0 Å². The van der Waals surface area contributed by atoms with Gasteiger partial charge in [0, 0.05) is 19.6 Å². The zero-order valence-corrected chi connectivity index (χ0v) is 21.3. The van der Waals surface area contributed by atoms with Crippen LogP contribution in [0, 0.1) is 0 Å². The minimum atomic E-state index is -1.26. The fourth-order valence-corrected chi connectivity index (χ4v) is 3.03. The van der Waals surface area contributed by atoms with Gasteiger partial charge in [0.25, 0.3) is 0 Å². The first-order chi connectivity index (χ1) is 17.8.